The van der Waals surface area contributed by atoms with Crippen LogP contribution >= 0.6 is 0 Å². The molecular formula is C22H27NO3. The van der Waals surface area contributed by atoms with Crippen LogP contribution in [0.2, 0.25) is 0 Å². The molecule has 0 heterocycles. The Morgan fingerprint density at radius 1 is 1.00 bits per heavy atom. The van der Waals surface area contributed by atoms with Crippen molar-refractivity contribution in [1.29, 1.82) is 0 Å². The van der Waals surface area contributed by atoms with Crippen LogP contribution in [0, 0.1) is 0 Å². The molecule has 0 aromatic heterocycles. The van der Waals surface area contributed by atoms with Crippen molar-refractivity contribution in [3.63, 3.8) is 0 Å². The smallest absolute Gasteiger partial charge is 0.230 e. The molecule has 0 saturated heterocycles. The van der Waals surface area contributed by atoms with Crippen molar-refractivity contribution in [2.24, 2.45) is 0 Å². The lowest BCUT2D eigenvalue weighted by Gasteiger charge is -2.28. The van der Waals surface area contributed by atoms with Crippen LogP contribution in [0.3, 0.4) is 0 Å². The van der Waals surface area contributed by atoms with Gasteiger partial charge in [0.15, 0.2) is 11.5 Å². The van der Waals surface area contributed by atoms with Crippen molar-refractivity contribution in [1.82, 2.24) is 5.32 Å². The minimum Gasteiger partial charge on any atom is -0.493 e. The Hall–Kier alpha value is -2.49. The predicted molar refractivity (Wildman–Crippen MR) is 103 cm³/mol. The van der Waals surface area contributed by atoms with Crippen molar-refractivity contribution in [3.05, 3.63) is 59.7 Å². The summed E-state index contributed by atoms with van der Waals surface area (Å²) in [7, 11) is 3.26. The first-order valence-electron chi connectivity index (χ1n) is 9.24. The molecule has 1 amide bonds. The lowest BCUT2D eigenvalue weighted by molar-refractivity contribution is -0.126. The molecule has 26 heavy (non-hydrogen) atoms. The molecule has 0 atom stereocenters. The Balaban J connectivity index is 1.65. The van der Waals surface area contributed by atoms with Gasteiger partial charge in [0.2, 0.25) is 5.91 Å². The van der Waals surface area contributed by atoms with Crippen molar-refractivity contribution in [2.75, 3.05) is 20.8 Å². The summed E-state index contributed by atoms with van der Waals surface area (Å²) in [6.45, 7) is 0.614. The van der Waals surface area contributed by atoms with Crippen LogP contribution in [0.4, 0.5) is 0 Å². The molecule has 4 heteroatoms. The summed E-state index contributed by atoms with van der Waals surface area (Å²) >= 11 is 0. The van der Waals surface area contributed by atoms with Crippen LogP contribution in [0.15, 0.2) is 48.5 Å². The van der Waals surface area contributed by atoms with E-state index in [1.54, 1.807) is 14.2 Å². The Kier molecular flexibility index (Phi) is 5.82. The Bertz CT molecular complexity index is 736. The van der Waals surface area contributed by atoms with E-state index in [0.29, 0.717) is 18.0 Å². The number of ether oxygens (including phenoxy) is 2. The van der Waals surface area contributed by atoms with E-state index in [4.69, 9.17) is 9.47 Å². The average Bonchev–Trinajstić information content (AvgIpc) is 3.19. The number of carbonyl (C=O) groups is 1. The molecule has 1 saturated carbocycles. The van der Waals surface area contributed by atoms with E-state index in [1.807, 2.05) is 36.4 Å². The van der Waals surface area contributed by atoms with E-state index in [9.17, 15) is 4.79 Å². The van der Waals surface area contributed by atoms with Crippen molar-refractivity contribution in [2.45, 2.75) is 37.5 Å². The summed E-state index contributed by atoms with van der Waals surface area (Å²) < 4.78 is 10.6. The number of carbonyl (C=O) groups excluding carboxylic acids is 1. The molecular weight excluding hydrogens is 326 g/mol. The summed E-state index contributed by atoms with van der Waals surface area (Å²) in [6.07, 6.45) is 4.84. The number of methoxy groups -OCH3 is 2. The quantitative estimate of drug-likeness (QED) is 0.822. The van der Waals surface area contributed by atoms with E-state index >= 15 is 0 Å². The molecule has 1 aliphatic rings. The second kappa shape index (κ2) is 8.26. The molecule has 138 valence electrons. The monoisotopic (exact) mass is 353 g/mol. The zero-order valence-corrected chi connectivity index (χ0v) is 15.6. The van der Waals surface area contributed by atoms with Gasteiger partial charge in [-0.05, 0) is 42.5 Å². The molecule has 2 aromatic carbocycles. The van der Waals surface area contributed by atoms with E-state index < -0.39 is 0 Å². The Morgan fingerprint density at radius 2 is 1.69 bits per heavy atom. The van der Waals surface area contributed by atoms with Gasteiger partial charge in [-0.2, -0.15) is 0 Å². The van der Waals surface area contributed by atoms with Gasteiger partial charge >= 0.3 is 0 Å². The molecule has 0 aliphatic heterocycles. The molecule has 0 spiro atoms. The first-order chi connectivity index (χ1) is 12.7. The number of rotatable bonds is 7. The van der Waals surface area contributed by atoms with E-state index in [0.717, 1.165) is 43.2 Å². The maximum absolute atomic E-state index is 13.0. The van der Waals surface area contributed by atoms with Gasteiger partial charge in [-0.15, -0.1) is 0 Å². The normalized spacial score (nSPS) is 15.5. The van der Waals surface area contributed by atoms with E-state index in [-0.39, 0.29) is 11.3 Å². The maximum Gasteiger partial charge on any atom is 0.230 e. The molecule has 3 rings (SSSR count). The van der Waals surface area contributed by atoms with Crippen LogP contribution < -0.4 is 14.8 Å². The van der Waals surface area contributed by atoms with E-state index in [1.165, 1.54) is 0 Å². The second-order valence-electron chi connectivity index (χ2n) is 6.85. The fraction of sp³-hybridized carbons (Fsp3) is 0.409. The van der Waals surface area contributed by atoms with Crippen LogP contribution in [-0.2, 0) is 16.6 Å². The topological polar surface area (TPSA) is 47.6 Å². The Labute approximate surface area is 155 Å². The fourth-order valence-electron chi connectivity index (χ4n) is 3.91. The Morgan fingerprint density at radius 3 is 2.35 bits per heavy atom. The number of hydrogen-bond donors (Lipinski definition) is 1. The molecule has 4 nitrogen and oxygen atoms in total. The summed E-state index contributed by atoms with van der Waals surface area (Å²) in [5, 5.41) is 3.17. The average molecular weight is 353 g/mol. The largest absolute Gasteiger partial charge is 0.493 e. The van der Waals surface area contributed by atoms with Gasteiger partial charge in [-0.25, -0.2) is 0 Å². The third-order valence-corrected chi connectivity index (χ3v) is 5.37. The van der Waals surface area contributed by atoms with Crippen LogP contribution in [0.5, 0.6) is 11.5 Å². The van der Waals surface area contributed by atoms with Gasteiger partial charge in [-0.1, -0.05) is 49.2 Å². The summed E-state index contributed by atoms with van der Waals surface area (Å²) in [5.41, 5.74) is 1.89. The zero-order valence-electron chi connectivity index (χ0n) is 15.6. The molecule has 1 N–H and O–H groups in total. The lowest BCUT2D eigenvalue weighted by atomic mass is 9.78. The fourth-order valence-corrected chi connectivity index (χ4v) is 3.91. The van der Waals surface area contributed by atoms with Crippen molar-refractivity contribution in [3.8, 4) is 11.5 Å². The molecule has 0 radical (unpaired) electrons. The minimum absolute atomic E-state index is 0.154. The molecule has 0 unspecified atom stereocenters. The third-order valence-electron chi connectivity index (χ3n) is 5.37. The first kappa shape index (κ1) is 18.3. The molecule has 1 aliphatic carbocycles. The van der Waals surface area contributed by atoms with Crippen LogP contribution in [0.25, 0.3) is 0 Å². The zero-order chi connectivity index (χ0) is 18.4. The minimum atomic E-state index is -0.362. The number of amides is 1. The molecule has 1 fully saturated rings. The van der Waals surface area contributed by atoms with Gasteiger partial charge in [0.05, 0.1) is 19.6 Å². The summed E-state index contributed by atoms with van der Waals surface area (Å²) in [5.74, 6) is 1.59. The number of hydrogen-bond acceptors (Lipinski definition) is 3. The second-order valence-corrected chi connectivity index (χ2v) is 6.85. The van der Waals surface area contributed by atoms with Gasteiger partial charge in [-0.3, -0.25) is 4.79 Å². The van der Waals surface area contributed by atoms with Gasteiger partial charge < -0.3 is 14.8 Å². The lowest BCUT2D eigenvalue weighted by Crippen LogP contribution is -2.43. The highest BCUT2D eigenvalue weighted by atomic mass is 16.5. The maximum atomic E-state index is 13.0. The highest BCUT2D eigenvalue weighted by molar-refractivity contribution is 5.88. The van der Waals surface area contributed by atoms with Gasteiger partial charge in [0.1, 0.15) is 0 Å². The highest BCUT2D eigenvalue weighted by Gasteiger charge is 2.42. The number of benzene rings is 2. The van der Waals surface area contributed by atoms with Crippen LogP contribution in [-0.4, -0.2) is 26.7 Å². The SMILES string of the molecule is COc1ccc(CCNC(=O)C2(c3ccccc3)CCCC2)cc1OC. The summed E-state index contributed by atoms with van der Waals surface area (Å²) in [6, 6.07) is 16.1. The van der Waals surface area contributed by atoms with E-state index in [2.05, 4.69) is 17.4 Å². The van der Waals surface area contributed by atoms with Crippen molar-refractivity contribution < 1.29 is 14.3 Å². The summed E-state index contributed by atoms with van der Waals surface area (Å²) in [4.78, 5) is 13.0. The molecule has 0 bridgehead atoms. The molecule has 2 aromatic rings. The van der Waals surface area contributed by atoms with Crippen LogP contribution in [0.1, 0.15) is 36.8 Å². The highest BCUT2D eigenvalue weighted by Crippen LogP contribution is 2.41. The number of nitrogens with one attached hydrogen (secondary N) is 1. The third kappa shape index (κ3) is 3.69. The predicted octanol–water partition coefficient (Wildman–Crippen LogP) is 3.87. The first-order valence-corrected chi connectivity index (χ1v) is 9.24. The standard InChI is InChI=1S/C22H27NO3/c1-25-19-11-10-17(16-20(19)26-2)12-15-23-21(24)22(13-6-7-14-22)18-8-4-3-5-9-18/h3-5,8-11,16H,6-7,12-15H2,1-2H3,(H,23,24). The van der Waals surface area contributed by atoms with Gasteiger partial charge in [0, 0.05) is 6.54 Å². The van der Waals surface area contributed by atoms with Crippen molar-refractivity contribution >= 4 is 5.91 Å². The van der Waals surface area contributed by atoms with Gasteiger partial charge in [0.25, 0.3) is 0 Å².